The van der Waals surface area contributed by atoms with Gasteiger partial charge >= 0.3 is 0 Å². The van der Waals surface area contributed by atoms with Crippen molar-refractivity contribution in [3.05, 3.63) is 35.4 Å². The summed E-state index contributed by atoms with van der Waals surface area (Å²) in [4.78, 5) is 4.51. The second-order valence-electron chi connectivity index (χ2n) is 6.46. The van der Waals surface area contributed by atoms with Gasteiger partial charge in [0.15, 0.2) is 17.6 Å². The Hall–Kier alpha value is -1.73. The number of nitrogens with one attached hydrogen (secondary N) is 2. The molecule has 2 atom stereocenters. The number of hydrogen-bond donors (Lipinski definition) is 2. The minimum Gasteiger partial charge on any atom is -0.381 e. The summed E-state index contributed by atoms with van der Waals surface area (Å²) < 4.78 is 37.4. The van der Waals surface area contributed by atoms with Crippen LogP contribution in [0.1, 0.15) is 38.3 Å². The van der Waals surface area contributed by atoms with E-state index < -0.39 is 11.6 Å². The first-order valence-corrected chi connectivity index (χ1v) is 9.25. The number of benzene rings is 1. The van der Waals surface area contributed by atoms with Gasteiger partial charge in [0.05, 0.1) is 19.3 Å². The lowest BCUT2D eigenvalue weighted by molar-refractivity contribution is 0.0893. The van der Waals surface area contributed by atoms with Gasteiger partial charge < -0.3 is 20.1 Å². The average Bonchev–Trinajstić information content (AvgIpc) is 3.13. The summed E-state index contributed by atoms with van der Waals surface area (Å²) in [6, 6.07) is 3.72. The van der Waals surface area contributed by atoms with Gasteiger partial charge in [-0.05, 0) is 44.4 Å². The summed E-state index contributed by atoms with van der Waals surface area (Å²) in [6.07, 6.45) is 1.90. The van der Waals surface area contributed by atoms with E-state index in [1.165, 1.54) is 6.07 Å². The maximum absolute atomic E-state index is 13.4. The van der Waals surface area contributed by atoms with Crippen LogP contribution in [0.4, 0.5) is 8.78 Å². The predicted octanol–water partition coefficient (Wildman–Crippen LogP) is 3.02. The van der Waals surface area contributed by atoms with E-state index in [4.69, 9.17) is 9.47 Å². The fourth-order valence-corrected chi connectivity index (χ4v) is 2.71. The lowest BCUT2D eigenvalue weighted by atomic mass is 10.1. The van der Waals surface area contributed by atoms with Crippen LogP contribution in [0.2, 0.25) is 0 Å². The van der Waals surface area contributed by atoms with E-state index in [1.54, 1.807) is 6.07 Å². The van der Waals surface area contributed by atoms with E-state index in [1.807, 2.05) is 13.8 Å². The Labute approximate surface area is 154 Å². The Bertz CT molecular complexity index is 578. The number of guanidine groups is 1. The van der Waals surface area contributed by atoms with Crippen molar-refractivity contribution < 1.29 is 18.3 Å². The molecular formula is C19H29F2N3O2. The Balaban J connectivity index is 1.74. The first kappa shape index (κ1) is 20.6. The number of ether oxygens (including phenoxy) is 2. The van der Waals surface area contributed by atoms with Crippen molar-refractivity contribution >= 4 is 5.96 Å². The molecule has 26 heavy (non-hydrogen) atoms. The summed E-state index contributed by atoms with van der Waals surface area (Å²) in [5, 5.41) is 6.37. The number of halogens is 2. The first-order valence-electron chi connectivity index (χ1n) is 9.25. The zero-order valence-corrected chi connectivity index (χ0v) is 15.6. The highest BCUT2D eigenvalue weighted by molar-refractivity contribution is 5.80. The Morgan fingerprint density at radius 2 is 2.23 bits per heavy atom. The highest BCUT2D eigenvalue weighted by Gasteiger charge is 2.15. The highest BCUT2D eigenvalue weighted by Crippen LogP contribution is 2.16. The van der Waals surface area contributed by atoms with Crippen molar-refractivity contribution in [1.82, 2.24) is 10.6 Å². The Kier molecular flexibility index (Phi) is 8.77. The molecule has 5 nitrogen and oxygen atoms in total. The molecular weight excluding hydrogens is 340 g/mol. The van der Waals surface area contributed by atoms with Gasteiger partial charge in [-0.2, -0.15) is 0 Å². The summed E-state index contributed by atoms with van der Waals surface area (Å²) in [7, 11) is 0. The van der Waals surface area contributed by atoms with Crippen LogP contribution in [-0.4, -0.2) is 45.5 Å². The minimum atomic E-state index is -0.845. The molecule has 2 unspecified atom stereocenters. The van der Waals surface area contributed by atoms with Gasteiger partial charge in [-0.25, -0.2) is 8.78 Å². The second-order valence-corrected chi connectivity index (χ2v) is 6.46. The van der Waals surface area contributed by atoms with Crippen LogP contribution in [0, 0.1) is 17.6 Å². The third-order valence-electron chi connectivity index (χ3n) is 4.24. The molecule has 0 spiro atoms. The SMILES string of the molecule is CCNC(=NCCCOCC1CCOC1)NC(C)c1ccc(F)c(F)c1. The molecule has 146 valence electrons. The molecule has 2 rings (SSSR count). The molecule has 1 aliphatic rings. The van der Waals surface area contributed by atoms with Crippen molar-refractivity contribution in [3.63, 3.8) is 0 Å². The molecule has 2 N–H and O–H groups in total. The maximum Gasteiger partial charge on any atom is 0.191 e. The largest absolute Gasteiger partial charge is 0.381 e. The van der Waals surface area contributed by atoms with E-state index in [0.29, 0.717) is 37.1 Å². The van der Waals surface area contributed by atoms with Gasteiger partial charge in [0, 0.05) is 32.2 Å². The molecule has 0 saturated carbocycles. The summed E-state index contributed by atoms with van der Waals surface area (Å²) in [6.45, 7) is 8.25. The third kappa shape index (κ3) is 6.88. The summed E-state index contributed by atoms with van der Waals surface area (Å²) in [5.41, 5.74) is 0.664. The van der Waals surface area contributed by atoms with E-state index in [9.17, 15) is 8.78 Å². The molecule has 7 heteroatoms. The molecule has 0 aliphatic carbocycles. The predicted molar refractivity (Wildman–Crippen MR) is 98.2 cm³/mol. The normalized spacial score (nSPS) is 18.8. The van der Waals surface area contributed by atoms with Gasteiger partial charge in [-0.3, -0.25) is 4.99 Å². The highest BCUT2D eigenvalue weighted by atomic mass is 19.2. The van der Waals surface area contributed by atoms with Gasteiger partial charge in [0.25, 0.3) is 0 Å². The van der Waals surface area contributed by atoms with E-state index >= 15 is 0 Å². The zero-order chi connectivity index (χ0) is 18.8. The molecule has 1 heterocycles. The Morgan fingerprint density at radius 3 is 2.92 bits per heavy atom. The molecule has 1 aromatic carbocycles. The average molecular weight is 369 g/mol. The molecule has 0 amide bonds. The number of rotatable bonds is 9. The number of aliphatic imine (C=N–C) groups is 1. The van der Waals surface area contributed by atoms with Gasteiger partial charge in [0.1, 0.15) is 0 Å². The van der Waals surface area contributed by atoms with Crippen LogP contribution in [0.25, 0.3) is 0 Å². The lowest BCUT2D eigenvalue weighted by Crippen LogP contribution is -2.38. The zero-order valence-electron chi connectivity index (χ0n) is 15.6. The monoisotopic (exact) mass is 369 g/mol. The van der Waals surface area contributed by atoms with Crippen molar-refractivity contribution in [1.29, 1.82) is 0 Å². The van der Waals surface area contributed by atoms with E-state index in [0.717, 1.165) is 38.7 Å². The standard InChI is InChI=1S/C19H29F2N3O2/c1-3-22-19(23-8-4-9-25-12-15-7-10-26-13-15)24-14(2)16-5-6-17(20)18(21)11-16/h5-6,11,14-15H,3-4,7-10,12-13H2,1-2H3,(H2,22,23,24). The van der Waals surface area contributed by atoms with Crippen molar-refractivity contribution in [2.24, 2.45) is 10.9 Å². The number of hydrogen-bond acceptors (Lipinski definition) is 3. The summed E-state index contributed by atoms with van der Waals surface area (Å²) >= 11 is 0. The molecule has 0 aromatic heterocycles. The van der Waals surface area contributed by atoms with E-state index in [2.05, 4.69) is 15.6 Å². The van der Waals surface area contributed by atoms with E-state index in [-0.39, 0.29) is 6.04 Å². The Morgan fingerprint density at radius 1 is 1.38 bits per heavy atom. The number of nitrogens with zero attached hydrogens (tertiary/aromatic N) is 1. The maximum atomic E-state index is 13.4. The van der Waals surface area contributed by atoms with Crippen LogP contribution in [0.5, 0.6) is 0 Å². The minimum absolute atomic E-state index is 0.193. The van der Waals surface area contributed by atoms with Crippen LogP contribution >= 0.6 is 0 Å². The van der Waals surface area contributed by atoms with Crippen molar-refractivity contribution in [2.45, 2.75) is 32.7 Å². The molecule has 1 aliphatic heterocycles. The lowest BCUT2D eigenvalue weighted by Gasteiger charge is -2.18. The van der Waals surface area contributed by atoms with Gasteiger partial charge in [0.2, 0.25) is 0 Å². The fourth-order valence-electron chi connectivity index (χ4n) is 2.71. The quantitative estimate of drug-likeness (QED) is 0.399. The molecule has 1 saturated heterocycles. The van der Waals surface area contributed by atoms with Crippen LogP contribution < -0.4 is 10.6 Å². The smallest absolute Gasteiger partial charge is 0.191 e. The molecule has 0 bridgehead atoms. The van der Waals surface area contributed by atoms with Gasteiger partial charge in [-0.1, -0.05) is 6.07 Å². The van der Waals surface area contributed by atoms with Crippen LogP contribution in [0.15, 0.2) is 23.2 Å². The molecule has 0 radical (unpaired) electrons. The van der Waals surface area contributed by atoms with Crippen molar-refractivity contribution in [3.8, 4) is 0 Å². The van der Waals surface area contributed by atoms with Crippen LogP contribution in [-0.2, 0) is 9.47 Å². The summed E-state index contributed by atoms with van der Waals surface area (Å²) in [5.74, 6) is -0.517. The first-order chi connectivity index (χ1) is 12.6. The molecule has 1 fully saturated rings. The topological polar surface area (TPSA) is 54.9 Å². The van der Waals surface area contributed by atoms with Gasteiger partial charge in [-0.15, -0.1) is 0 Å². The third-order valence-corrected chi connectivity index (χ3v) is 4.24. The van der Waals surface area contributed by atoms with Crippen molar-refractivity contribution in [2.75, 3.05) is 39.5 Å². The van der Waals surface area contributed by atoms with Crippen LogP contribution in [0.3, 0.4) is 0 Å². The second kappa shape index (κ2) is 11.1. The fraction of sp³-hybridized carbons (Fsp3) is 0.632. The molecule has 1 aromatic rings.